The van der Waals surface area contributed by atoms with E-state index in [1.807, 2.05) is 45.8 Å². The number of hydrogen-bond acceptors (Lipinski definition) is 5. The van der Waals surface area contributed by atoms with Crippen molar-refractivity contribution in [2.45, 2.75) is 31.5 Å². The SMILES string of the molecule is COc1cc(Cl)c(NC(=O)N2C3CCC2CN(Cc2c(-c4ccc(Cl)cc4)nc4ncccn24)C3)cc1Cl. The number of urea groups is 1. The Morgan fingerprint density at radius 1 is 1.08 bits per heavy atom. The zero-order valence-electron chi connectivity index (χ0n) is 20.6. The number of likely N-dealkylation sites (tertiary alicyclic amines) is 1. The van der Waals surface area contributed by atoms with Gasteiger partial charge in [0.1, 0.15) is 5.75 Å². The lowest BCUT2D eigenvalue weighted by Crippen LogP contribution is -2.56. The maximum atomic E-state index is 13.3. The van der Waals surface area contributed by atoms with Gasteiger partial charge < -0.3 is 15.0 Å². The topological polar surface area (TPSA) is 75.0 Å². The zero-order valence-corrected chi connectivity index (χ0v) is 22.8. The molecule has 6 rings (SSSR count). The van der Waals surface area contributed by atoms with Crippen LogP contribution < -0.4 is 10.1 Å². The van der Waals surface area contributed by atoms with Crippen molar-refractivity contribution < 1.29 is 9.53 Å². The molecule has 2 aliphatic rings. The van der Waals surface area contributed by atoms with Crippen molar-refractivity contribution in [2.75, 3.05) is 25.5 Å². The van der Waals surface area contributed by atoms with Crippen LogP contribution in [-0.4, -0.2) is 62.5 Å². The third kappa shape index (κ3) is 4.66. The average molecular weight is 572 g/mol. The first kappa shape index (κ1) is 25.2. The van der Waals surface area contributed by atoms with E-state index in [9.17, 15) is 4.79 Å². The predicted octanol–water partition coefficient (Wildman–Crippen LogP) is 6.25. The number of fused-ring (bicyclic) bond motifs is 3. The highest BCUT2D eigenvalue weighted by molar-refractivity contribution is 6.36. The highest BCUT2D eigenvalue weighted by Gasteiger charge is 2.43. The van der Waals surface area contributed by atoms with E-state index in [1.54, 1.807) is 18.3 Å². The van der Waals surface area contributed by atoms with E-state index in [-0.39, 0.29) is 18.1 Å². The fourth-order valence-corrected chi connectivity index (χ4v) is 6.12. The number of carbonyl (C=O) groups excluding carboxylic acids is 1. The maximum Gasteiger partial charge on any atom is 0.322 e. The minimum Gasteiger partial charge on any atom is -0.495 e. The van der Waals surface area contributed by atoms with E-state index in [2.05, 4.69) is 15.2 Å². The fourth-order valence-electron chi connectivity index (χ4n) is 5.55. The first-order valence-corrected chi connectivity index (χ1v) is 13.5. The number of imidazole rings is 1. The second kappa shape index (κ2) is 10.3. The van der Waals surface area contributed by atoms with Crippen LogP contribution in [-0.2, 0) is 6.54 Å². The third-order valence-electron chi connectivity index (χ3n) is 7.27. The molecule has 11 heteroatoms. The molecule has 2 amide bonds. The number of aromatic nitrogens is 3. The Hall–Kier alpha value is -3.04. The molecule has 0 aliphatic carbocycles. The molecule has 0 radical (unpaired) electrons. The van der Waals surface area contributed by atoms with E-state index in [4.69, 9.17) is 44.5 Å². The van der Waals surface area contributed by atoms with E-state index < -0.39 is 0 Å². The van der Waals surface area contributed by atoms with Crippen molar-refractivity contribution in [1.29, 1.82) is 0 Å². The van der Waals surface area contributed by atoms with Crippen molar-refractivity contribution in [3.63, 3.8) is 0 Å². The van der Waals surface area contributed by atoms with E-state index in [1.165, 1.54) is 7.11 Å². The molecule has 196 valence electrons. The van der Waals surface area contributed by atoms with E-state index in [0.29, 0.717) is 38.8 Å². The van der Waals surface area contributed by atoms with Gasteiger partial charge in [-0.2, -0.15) is 0 Å². The van der Waals surface area contributed by atoms with E-state index in [0.717, 1.165) is 42.9 Å². The van der Waals surface area contributed by atoms with Crippen LogP contribution >= 0.6 is 34.8 Å². The summed E-state index contributed by atoms with van der Waals surface area (Å²) in [6.45, 7) is 2.20. The molecule has 2 aliphatic heterocycles. The molecule has 1 N–H and O–H groups in total. The van der Waals surface area contributed by atoms with Crippen LogP contribution in [0.25, 0.3) is 17.0 Å². The Balaban J connectivity index is 1.22. The number of piperazine rings is 1. The molecule has 2 atom stereocenters. The third-order valence-corrected chi connectivity index (χ3v) is 8.13. The summed E-state index contributed by atoms with van der Waals surface area (Å²) in [5, 5.41) is 4.40. The summed E-state index contributed by atoms with van der Waals surface area (Å²) in [5.41, 5.74) is 3.41. The Labute approximate surface area is 235 Å². The number of ether oxygens (including phenoxy) is 1. The summed E-state index contributed by atoms with van der Waals surface area (Å²) in [7, 11) is 1.52. The number of amides is 2. The number of carbonyl (C=O) groups is 1. The lowest BCUT2D eigenvalue weighted by atomic mass is 10.1. The number of halogens is 3. The van der Waals surface area contributed by atoms with Gasteiger partial charge in [-0.15, -0.1) is 0 Å². The second-order valence-corrected chi connectivity index (χ2v) is 10.8. The van der Waals surface area contributed by atoms with Gasteiger partial charge in [0, 0.05) is 60.8 Å². The van der Waals surface area contributed by atoms with Gasteiger partial charge in [0.25, 0.3) is 0 Å². The number of methoxy groups -OCH3 is 1. The molecule has 2 unspecified atom stereocenters. The molecule has 0 spiro atoms. The molecule has 2 aromatic carbocycles. The second-order valence-electron chi connectivity index (χ2n) is 9.59. The summed E-state index contributed by atoms with van der Waals surface area (Å²) in [4.78, 5) is 27.0. The van der Waals surface area contributed by atoms with Crippen LogP contribution in [0.5, 0.6) is 5.75 Å². The molecular weight excluding hydrogens is 547 g/mol. The Kier molecular flexibility index (Phi) is 6.82. The molecule has 2 bridgehead atoms. The molecule has 0 saturated carbocycles. The van der Waals surface area contributed by atoms with Gasteiger partial charge in [0.15, 0.2) is 0 Å². The normalized spacial score (nSPS) is 19.2. The smallest absolute Gasteiger partial charge is 0.322 e. The van der Waals surface area contributed by atoms with Crippen molar-refractivity contribution in [3.8, 4) is 17.0 Å². The molecule has 2 aromatic heterocycles. The molecule has 2 saturated heterocycles. The van der Waals surface area contributed by atoms with Crippen molar-refractivity contribution in [3.05, 3.63) is 75.6 Å². The molecule has 8 nitrogen and oxygen atoms in total. The summed E-state index contributed by atoms with van der Waals surface area (Å²) in [6, 6.07) is 12.9. The Bertz CT molecular complexity index is 1490. The Morgan fingerprint density at radius 2 is 1.82 bits per heavy atom. The lowest BCUT2D eigenvalue weighted by Gasteiger charge is -2.41. The number of anilines is 1. The summed E-state index contributed by atoms with van der Waals surface area (Å²) in [5.74, 6) is 1.12. The van der Waals surface area contributed by atoms with Gasteiger partial charge in [-0.05, 0) is 37.1 Å². The molecule has 4 aromatic rings. The van der Waals surface area contributed by atoms with Gasteiger partial charge in [-0.25, -0.2) is 14.8 Å². The number of hydrogen-bond donors (Lipinski definition) is 1. The van der Waals surface area contributed by atoms with Gasteiger partial charge in [0.05, 0.1) is 34.2 Å². The Morgan fingerprint density at radius 3 is 2.53 bits per heavy atom. The van der Waals surface area contributed by atoms with Gasteiger partial charge >= 0.3 is 6.03 Å². The molecule has 38 heavy (non-hydrogen) atoms. The quantitative estimate of drug-likeness (QED) is 0.307. The van der Waals surface area contributed by atoms with Crippen LogP contribution in [0.2, 0.25) is 15.1 Å². The van der Waals surface area contributed by atoms with Gasteiger partial charge in [-0.3, -0.25) is 9.30 Å². The number of benzene rings is 2. The van der Waals surface area contributed by atoms with Crippen LogP contribution in [0.4, 0.5) is 10.5 Å². The number of nitrogens with zero attached hydrogens (tertiary/aromatic N) is 5. The summed E-state index contributed by atoms with van der Waals surface area (Å²) < 4.78 is 7.25. The first-order valence-electron chi connectivity index (χ1n) is 12.3. The van der Waals surface area contributed by atoms with E-state index >= 15 is 0 Å². The monoisotopic (exact) mass is 570 g/mol. The standard InChI is InChI=1S/C27H25Cl3N6O2/c1-38-24-12-20(29)22(11-21(24)30)32-27(37)36-18-7-8-19(36)14-34(13-18)15-23-25(16-3-5-17(28)6-4-16)33-26-31-9-2-10-35(23)26/h2-6,9-12,18-19H,7-8,13-15H2,1H3,(H,32,37). The molecule has 4 heterocycles. The van der Waals surface area contributed by atoms with Crippen molar-refractivity contribution in [2.24, 2.45) is 0 Å². The average Bonchev–Trinajstić information content (AvgIpc) is 3.41. The molecule has 2 fully saturated rings. The van der Waals surface area contributed by atoms with Crippen LogP contribution in [0, 0.1) is 0 Å². The van der Waals surface area contributed by atoms with Crippen molar-refractivity contribution >= 4 is 52.3 Å². The van der Waals surface area contributed by atoms with Gasteiger partial charge in [0.2, 0.25) is 5.78 Å². The first-order chi connectivity index (χ1) is 18.4. The summed E-state index contributed by atoms with van der Waals surface area (Å²) >= 11 is 18.8. The van der Waals surface area contributed by atoms with Gasteiger partial charge in [-0.1, -0.05) is 46.9 Å². The highest BCUT2D eigenvalue weighted by Crippen LogP contribution is 2.36. The van der Waals surface area contributed by atoms with Crippen LogP contribution in [0.15, 0.2) is 54.9 Å². The minimum absolute atomic E-state index is 0.0949. The van der Waals surface area contributed by atoms with Crippen molar-refractivity contribution in [1.82, 2.24) is 24.2 Å². The molecular formula is C27H25Cl3N6O2. The largest absolute Gasteiger partial charge is 0.495 e. The summed E-state index contributed by atoms with van der Waals surface area (Å²) in [6.07, 6.45) is 5.64. The highest BCUT2D eigenvalue weighted by atomic mass is 35.5. The predicted molar refractivity (Wildman–Crippen MR) is 149 cm³/mol. The van der Waals surface area contributed by atoms with Crippen LogP contribution in [0.3, 0.4) is 0 Å². The lowest BCUT2D eigenvalue weighted by molar-refractivity contribution is 0.0894. The maximum absolute atomic E-state index is 13.3. The minimum atomic E-state index is -0.166. The van der Waals surface area contributed by atoms with Crippen LogP contribution in [0.1, 0.15) is 18.5 Å². The number of rotatable bonds is 5. The fraction of sp³-hybridized carbons (Fsp3) is 0.296. The zero-order chi connectivity index (χ0) is 26.4. The number of nitrogens with one attached hydrogen (secondary N) is 1.